The molecule has 0 saturated heterocycles. The summed E-state index contributed by atoms with van der Waals surface area (Å²) < 4.78 is 1.10. The lowest BCUT2D eigenvalue weighted by atomic mass is 10.0. The van der Waals surface area contributed by atoms with Crippen LogP contribution in [0, 0.1) is 13.8 Å². The summed E-state index contributed by atoms with van der Waals surface area (Å²) in [5.74, 6) is 0. The molecule has 1 aromatic heterocycles. The average Bonchev–Trinajstić information content (AvgIpc) is 2.32. The second-order valence-electron chi connectivity index (χ2n) is 4.24. The van der Waals surface area contributed by atoms with Crippen LogP contribution in [0.1, 0.15) is 23.7 Å². The smallest absolute Gasteiger partial charge is 0.0766 e. The Morgan fingerprint density at radius 3 is 2.59 bits per heavy atom. The van der Waals surface area contributed by atoms with Crippen LogP contribution in [0.25, 0.3) is 10.9 Å². The minimum Gasteiger partial charge on any atom is -0.387 e. The lowest BCUT2D eigenvalue weighted by Crippen LogP contribution is -2.02. The maximum absolute atomic E-state index is 4.75. The first-order valence-corrected chi connectivity index (χ1v) is 6.65. The van der Waals surface area contributed by atoms with Crippen molar-refractivity contribution in [1.82, 2.24) is 4.98 Å². The molecule has 0 saturated carbocycles. The first-order chi connectivity index (χ1) is 8.10. The molecule has 3 heteroatoms. The number of anilines is 1. The Balaban J connectivity index is 2.98. The van der Waals surface area contributed by atoms with Crippen molar-refractivity contribution < 1.29 is 0 Å². The van der Waals surface area contributed by atoms with Crippen molar-refractivity contribution in [2.75, 3.05) is 12.4 Å². The minimum atomic E-state index is 0.991. The number of fused-ring (bicyclic) bond motifs is 1. The van der Waals surface area contributed by atoms with E-state index in [0.29, 0.717) is 0 Å². The van der Waals surface area contributed by atoms with Crippen LogP contribution in [0.4, 0.5) is 5.69 Å². The van der Waals surface area contributed by atoms with Gasteiger partial charge in [-0.1, -0.05) is 28.9 Å². The summed E-state index contributed by atoms with van der Waals surface area (Å²) in [6.07, 6.45) is 0.991. The van der Waals surface area contributed by atoms with E-state index in [2.05, 4.69) is 54.2 Å². The van der Waals surface area contributed by atoms with Crippen LogP contribution in [0.2, 0.25) is 0 Å². The second-order valence-corrected chi connectivity index (χ2v) is 5.10. The molecule has 0 bridgehead atoms. The Kier molecular flexibility index (Phi) is 3.38. The number of aromatic nitrogens is 1. The van der Waals surface area contributed by atoms with Gasteiger partial charge in [-0.3, -0.25) is 4.98 Å². The van der Waals surface area contributed by atoms with Gasteiger partial charge in [0, 0.05) is 28.3 Å². The number of pyridine rings is 1. The highest BCUT2D eigenvalue weighted by Crippen LogP contribution is 2.35. The van der Waals surface area contributed by atoms with E-state index in [-0.39, 0.29) is 0 Å². The quantitative estimate of drug-likeness (QED) is 0.896. The highest BCUT2D eigenvalue weighted by atomic mass is 79.9. The van der Waals surface area contributed by atoms with Gasteiger partial charge in [-0.25, -0.2) is 0 Å². The Labute approximate surface area is 111 Å². The molecule has 0 aliphatic heterocycles. The lowest BCUT2D eigenvalue weighted by Gasteiger charge is -2.16. The second kappa shape index (κ2) is 4.65. The van der Waals surface area contributed by atoms with Gasteiger partial charge in [0.1, 0.15) is 0 Å². The van der Waals surface area contributed by atoms with Gasteiger partial charge in [0.15, 0.2) is 0 Å². The third-order valence-corrected chi connectivity index (χ3v) is 3.86. The van der Waals surface area contributed by atoms with Crippen molar-refractivity contribution in [1.29, 1.82) is 0 Å². The molecule has 0 spiro atoms. The number of hydrogen-bond acceptors (Lipinski definition) is 2. The fourth-order valence-corrected chi connectivity index (χ4v) is 2.85. The molecule has 1 aromatic carbocycles. The predicted octanol–water partition coefficient (Wildman–Crippen LogP) is 4.22. The molecule has 0 atom stereocenters. The molecule has 2 rings (SSSR count). The monoisotopic (exact) mass is 292 g/mol. The van der Waals surface area contributed by atoms with Gasteiger partial charge in [-0.05, 0) is 37.5 Å². The number of rotatable bonds is 2. The highest BCUT2D eigenvalue weighted by Gasteiger charge is 2.13. The summed E-state index contributed by atoms with van der Waals surface area (Å²) >= 11 is 3.63. The van der Waals surface area contributed by atoms with Gasteiger partial charge in [-0.15, -0.1) is 0 Å². The fraction of sp³-hybridized carbons (Fsp3) is 0.357. The number of aryl methyl sites for hydroxylation is 2. The van der Waals surface area contributed by atoms with Crippen LogP contribution in [0.3, 0.4) is 0 Å². The lowest BCUT2D eigenvalue weighted by molar-refractivity contribution is 1.07. The van der Waals surface area contributed by atoms with Crippen LogP contribution in [0.15, 0.2) is 16.6 Å². The largest absolute Gasteiger partial charge is 0.387 e. The fourth-order valence-electron chi connectivity index (χ4n) is 2.33. The van der Waals surface area contributed by atoms with Crippen molar-refractivity contribution >= 4 is 32.5 Å². The van der Waals surface area contributed by atoms with Crippen LogP contribution in [-0.2, 0) is 6.42 Å². The number of nitrogens with zero attached hydrogens (tertiary/aromatic N) is 1. The van der Waals surface area contributed by atoms with Crippen LogP contribution >= 0.6 is 15.9 Å². The zero-order valence-electron chi connectivity index (χ0n) is 10.7. The average molecular weight is 293 g/mol. The first-order valence-electron chi connectivity index (χ1n) is 5.86. The van der Waals surface area contributed by atoms with Gasteiger partial charge in [0.2, 0.25) is 0 Å². The SMILES string of the molecule is CCc1c(C)nc2c(C)ccc(Br)c2c1NC. The summed E-state index contributed by atoms with van der Waals surface area (Å²) in [6.45, 7) is 6.35. The van der Waals surface area contributed by atoms with Gasteiger partial charge in [0.25, 0.3) is 0 Å². The van der Waals surface area contributed by atoms with Crippen molar-refractivity contribution in [2.24, 2.45) is 0 Å². The predicted molar refractivity (Wildman–Crippen MR) is 77.8 cm³/mol. The number of benzene rings is 1. The Morgan fingerprint density at radius 2 is 2.00 bits per heavy atom. The molecule has 0 unspecified atom stereocenters. The summed E-state index contributed by atoms with van der Waals surface area (Å²) in [5, 5.41) is 4.52. The summed E-state index contributed by atoms with van der Waals surface area (Å²) in [5.41, 5.74) is 5.91. The van der Waals surface area contributed by atoms with Gasteiger partial charge >= 0.3 is 0 Å². The molecule has 2 nitrogen and oxygen atoms in total. The number of halogens is 1. The Bertz CT molecular complexity index is 576. The molecule has 2 aromatic rings. The van der Waals surface area contributed by atoms with E-state index in [1.54, 1.807) is 0 Å². The summed E-state index contributed by atoms with van der Waals surface area (Å²) in [4.78, 5) is 4.75. The van der Waals surface area contributed by atoms with E-state index in [1.165, 1.54) is 22.2 Å². The normalized spacial score (nSPS) is 10.9. The van der Waals surface area contributed by atoms with E-state index >= 15 is 0 Å². The van der Waals surface area contributed by atoms with E-state index in [9.17, 15) is 0 Å². The Hall–Kier alpha value is -1.09. The van der Waals surface area contributed by atoms with E-state index in [0.717, 1.165) is 22.1 Å². The van der Waals surface area contributed by atoms with Crippen LogP contribution in [-0.4, -0.2) is 12.0 Å². The molecule has 0 fully saturated rings. The van der Waals surface area contributed by atoms with Crippen molar-refractivity contribution in [2.45, 2.75) is 27.2 Å². The van der Waals surface area contributed by atoms with Crippen molar-refractivity contribution in [3.05, 3.63) is 33.4 Å². The number of nitrogens with one attached hydrogen (secondary N) is 1. The van der Waals surface area contributed by atoms with Gasteiger partial charge in [0.05, 0.1) is 5.52 Å². The number of hydrogen-bond donors (Lipinski definition) is 1. The first kappa shape index (κ1) is 12.4. The molecular formula is C14H17BrN2. The molecular weight excluding hydrogens is 276 g/mol. The molecule has 90 valence electrons. The topological polar surface area (TPSA) is 24.9 Å². The maximum Gasteiger partial charge on any atom is 0.0766 e. The Morgan fingerprint density at radius 1 is 1.29 bits per heavy atom. The van der Waals surface area contributed by atoms with E-state index in [4.69, 9.17) is 4.98 Å². The van der Waals surface area contributed by atoms with Crippen molar-refractivity contribution in [3.8, 4) is 0 Å². The standard InChI is InChI=1S/C14H17BrN2/c1-5-10-9(3)17-13-8(2)6-7-11(15)12(13)14(10)16-4/h6-7H,5H2,1-4H3,(H,16,17). The van der Waals surface area contributed by atoms with Gasteiger partial charge < -0.3 is 5.32 Å². The molecule has 17 heavy (non-hydrogen) atoms. The van der Waals surface area contributed by atoms with E-state index in [1.807, 2.05) is 7.05 Å². The zero-order chi connectivity index (χ0) is 12.6. The third-order valence-electron chi connectivity index (χ3n) is 3.20. The van der Waals surface area contributed by atoms with E-state index < -0.39 is 0 Å². The van der Waals surface area contributed by atoms with Crippen LogP contribution in [0.5, 0.6) is 0 Å². The summed E-state index contributed by atoms with van der Waals surface area (Å²) in [6, 6.07) is 4.19. The zero-order valence-corrected chi connectivity index (χ0v) is 12.3. The van der Waals surface area contributed by atoms with Crippen LogP contribution < -0.4 is 5.32 Å². The molecule has 0 aliphatic rings. The van der Waals surface area contributed by atoms with Gasteiger partial charge in [-0.2, -0.15) is 0 Å². The molecule has 1 heterocycles. The highest BCUT2D eigenvalue weighted by molar-refractivity contribution is 9.10. The van der Waals surface area contributed by atoms with Crippen molar-refractivity contribution in [3.63, 3.8) is 0 Å². The third kappa shape index (κ3) is 1.93. The molecule has 0 radical (unpaired) electrons. The molecule has 0 aliphatic carbocycles. The maximum atomic E-state index is 4.75. The summed E-state index contributed by atoms with van der Waals surface area (Å²) in [7, 11) is 1.97. The molecule has 0 amide bonds. The molecule has 1 N–H and O–H groups in total. The minimum absolute atomic E-state index is 0.991.